The highest BCUT2D eigenvalue weighted by atomic mass is 16.7. The highest BCUT2D eigenvalue weighted by Gasteiger charge is 2.47. The highest BCUT2D eigenvalue weighted by molar-refractivity contribution is 5.49. The van der Waals surface area contributed by atoms with Crippen molar-refractivity contribution in [3.63, 3.8) is 0 Å². The van der Waals surface area contributed by atoms with E-state index in [1.165, 1.54) is 0 Å². The summed E-state index contributed by atoms with van der Waals surface area (Å²) in [5.41, 5.74) is 0.615. The van der Waals surface area contributed by atoms with Crippen LogP contribution < -0.4 is 9.47 Å². The van der Waals surface area contributed by atoms with Gasteiger partial charge in [0.25, 0.3) is 5.79 Å². The molecule has 0 bridgehead atoms. The Labute approximate surface area is 81.9 Å². The minimum Gasteiger partial charge on any atom is -0.448 e. The molecule has 70 valence electrons. The Morgan fingerprint density at radius 3 is 2.64 bits per heavy atom. The van der Waals surface area contributed by atoms with Gasteiger partial charge in [-0.1, -0.05) is 0 Å². The van der Waals surface area contributed by atoms with Gasteiger partial charge in [0.15, 0.2) is 11.5 Å². The second kappa shape index (κ2) is 2.42. The molecule has 1 aromatic rings. The summed E-state index contributed by atoms with van der Waals surface area (Å²) in [5, 5.41) is 8.72. The summed E-state index contributed by atoms with van der Waals surface area (Å²) in [7, 11) is 0. The lowest BCUT2D eigenvalue weighted by molar-refractivity contribution is -0.138. The number of hydrogen-bond donors (Lipinski definition) is 0. The van der Waals surface area contributed by atoms with E-state index in [0.29, 0.717) is 11.3 Å². The van der Waals surface area contributed by atoms with Crippen molar-refractivity contribution >= 4 is 0 Å². The van der Waals surface area contributed by atoms with E-state index in [1.54, 1.807) is 18.2 Å². The van der Waals surface area contributed by atoms with Crippen LogP contribution in [0.1, 0.15) is 24.8 Å². The molecule has 1 aliphatic heterocycles. The number of fused-ring (bicyclic) bond motifs is 1. The average Bonchev–Trinajstić information content (AvgIpc) is 2.55. The maximum Gasteiger partial charge on any atom is 0.251 e. The summed E-state index contributed by atoms with van der Waals surface area (Å²) in [6.45, 7) is 0. The fourth-order valence-corrected chi connectivity index (χ4v) is 1.83. The Balaban J connectivity index is 1.99. The zero-order valence-electron chi connectivity index (χ0n) is 7.62. The van der Waals surface area contributed by atoms with Crippen molar-refractivity contribution in [1.82, 2.24) is 0 Å². The molecule has 1 spiro atoms. The molecule has 0 unspecified atom stereocenters. The topological polar surface area (TPSA) is 42.2 Å². The second-order valence-electron chi connectivity index (χ2n) is 3.74. The van der Waals surface area contributed by atoms with E-state index >= 15 is 0 Å². The largest absolute Gasteiger partial charge is 0.448 e. The monoisotopic (exact) mass is 187 g/mol. The number of benzene rings is 1. The molecule has 0 atom stereocenters. The molecule has 1 fully saturated rings. The summed E-state index contributed by atoms with van der Waals surface area (Å²) in [5.74, 6) is 1.09. The Morgan fingerprint density at radius 1 is 1.21 bits per heavy atom. The van der Waals surface area contributed by atoms with Gasteiger partial charge in [-0.3, -0.25) is 0 Å². The van der Waals surface area contributed by atoms with Gasteiger partial charge in [-0.2, -0.15) is 5.26 Å². The fraction of sp³-hybridized carbons (Fsp3) is 0.364. The summed E-state index contributed by atoms with van der Waals surface area (Å²) in [4.78, 5) is 0. The van der Waals surface area contributed by atoms with Gasteiger partial charge < -0.3 is 9.47 Å². The lowest BCUT2D eigenvalue weighted by Gasteiger charge is -2.35. The molecule has 14 heavy (non-hydrogen) atoms. The van der Waals surface area contributed by atoms with Gasteiger partial charge in [-0.25, -0.2) is 0 Å². The first-order valence-electron chi connectivity index (χ1n) is 4.74. The Kier molecular flexibility index (Phi) is 1.33. The van der Waals surface area contributed by atoms with Crippen LogP contribution in [0.3, 0.4) is 0 Å². The van der Waals surface area contributed by atoms with Crippen LogP contribution in [0.15, 0.2) is 18.2 Å². The Morgan fingerprint density at radius 2 is 2.00 bits per heavy atom. The van der Waals surface area contributed by atoms with Crippen LogP contribution >= 0.6 is 0 Å². The Hall–Kier alpha value is -1.69. The minimum absolute atomic E-state index is 0.392. The second-order valence-corrected chi connectivity index (χ2v) is 3.74. The zero-order chi connectivity index (χ0) is 9.60. The molecule has 1 aliphatic carbocycles. The summed E-state index contributed by atoms with van der Waals surface area (Å²) < 4.78 is 11.4. The van der Waals surface area contributed by atoms with Crippen LogP contribution in [0.25, 0.3) is 0 Å². The van der Waals surface area contributed by atoms with E-state index in [0.717, 1.165) is 25.0 Å². The number of nitriles is 1. The van der Waals surface area contributed by atoms with E-state index in [4.69, 9.17) is 14.7 Å². The third kappa shape index (κ3) is 0.912. The fourth-order valence-electron chi connectivity index (χ4n) is 1.83. The molecule has 1 saturated carbocycles. The van der Waals surface area contributed by atoms with Crippen LogP contribution in [-0.2, 0) is 0 Å². The number of hydrogen-bond acceptors (Lipinski definition) is 3. The molecule has 0 aromatic heterocycles. The zero-order valence-corrected chi connectivity index (χ0v) is 7.62. The van der Waals surface area contributed by atoms with Crippen LogP contribution in [0, 0.1) is 11.3 Å². The minimum atomic E-state index is -0.392. The molecule has 1 aromatic carbocycles. The highest BCUT2D eigenvalue weighted by Crippen LogP contribution is 2.48. The molecule has 3 nitrogen and oxygen atoms in total. The first kappa shape index (κ1) is 7.69. The molecule has 0 saturated heterocycles. The molecule has 3 rings (SSSR count). The third-order valence-corrected chi connectivity index (χ3v) is 2.78. The van der Waals surface area contributed by atoms with Crippen molar-refractivity contribution in [3.05, 3.63) is 23.8 Å². The van der Waals surface area contributed by atoms with Crippen molar-refractivity contribution in [2.75, 3.05) is 0 Å². The summed E-state index contributed by atoms with van der Waals surface area (Å²) >= 11 is 0. The quantitative estimate of drug-likeness (QED) is 0.625. The predicted molar refractivity (Wildman–Crippen MR) is 49.0 cm³/mol. The van der Waals surface area contributed by atoms with Crippen molar-refractivity contribution in [1.29, 1.82) is 5.26 Å². The van der Waals surface area contributed by atoms with E-state index in [9.17, 15) is 0 Å². The van der Waals surface area contributed by atoms with Crippen LogP contribution in [0.5, 0.6) is 11.5 Å². The van der Waals surface area contributed by atoms with Gasteiger partial charge in [0.05, 0.1) is 11.6 Å². The van der Waals surface area contributed by atoms with Gasteiger partial charge in [0, 0.05) is 18.9 Å². The molecule has 1 heterocycles. The molecule has 0 radical (unpaired) electrons. The van der Waals surface area contributed by atoms with E-state index in [-0.39, 0.29) is 0 Å². The lowest BCUT2D eigenvalue weighted by atomic mass is 9.91. The van der Waals surface area contributed by atoms with E-state index in [1.807, 2.05) is 0 Å². The predicted octanol–water partition coefficient (Wildman–Crippen LogP) is 2.21. The molecular formula is C11H9NO2. The average molecular weight is 187 g/mol. The third-order valence-electron chi connectivity index (χ3n) is 2.78. The molecule has 2 aliphatic rings. The van der Waals surface area contributed by atoms with Crippen LogP contribution in [0.2, 0.25) is 0 Å². The van der Waals surface area contributed by atoms with Crippen molar-refractivity contribution in [3.8, 4) is 17.6 Å². The molecule has 3 heteroatoms. The maximum atomic E-state index is 8.72. The first-order valence-corrected chi connectivity index (χ1v) is 4.74. The number of ether oxygens (including phenoxy) is 2. The Bertz CT molecular complexity index is 429. The maximum absolute atomic E-state index is 8.72. The molecule has 0 amide bonds. The van der Waals surface area contributed by atoms with Gasteiger partial charge in [-0.15, -0.1) is 0 Å². The summed E-state index contributed by atoms with van der Waals surface area (Å²) in [6.07, 6.45) is 3.05. The smallest absolute Gasteiger partial charge is 0.251 e. The number of nitrogens with zero attached hydrogens (tertiary/aromatic N) is 1. The van der Waals surface area contributed by atoms with Gasteiger partial charge in [-0.05, 0) is 18.6 Å². The van der Waals surface area contributed by atoms with Gasteiger partial charge in [0.2, 0.25) is 0 Å². The van der Waals surface area contributed by atoms with Crippen molar-refractivity contribution < 1.29 is 9.47 Å². The van der Waals surface area contributed by atoms with Crippen molar-refractivity contribution in [2.45, 2.75) is 25.0 Å². The first-order chi connectivity index (χ1) is 6.81. The van der Waals surface area contributed by atoms with E-state index in [2.05, 4.69) is 6.07 Å². The lowest BCUT2D eigenvalue weighted by Crippen LogP contribution is -2.45. The normalized spacial score (nSPS) is 20.2. The SMILES string of the molecule is N#Cc1ccc2c(c1)OC1(CCC1)O2. The molecule has 0 N–H and O–H groups in total. The van der Waals surface area contributed by atoms with E-state index < -0.39 is 5.79 Å². The standard InChI is InChI=1S/C11H9NO2/c12-7-8-2-3-9-10(6-8)14-11(13-9)4-1-5-11/h2-3,6H,1,4-5H2. The number of rotatable bonds is 0. The summed E-state index contributed by atoms with van der Waals surface area (Å²) in [6, 6.07) is 7.38. The van der Waals surface area contributed by atoms with Gasteiger partial charge in [0.1, 0.15) is 0 Å². The molecular weight excluding hydrogens is 178 g/mol. The van der Waals surface area contributed by atoms with Crippen LogP contribution in [0.4, 0.5) is 0 Å². The van der Waals surface area contributed by atoms with Gasteiger partial charge >= 0.3 is 0 Å². The van der Waals surface area contributed by atoms with Crippen LogP contribution in [-0.4, -0.2) is 5.79 Å². The van der Waals surface area contributed by atoms with Crippen molar-refractivity contribution in [2.24, 2.45) is 0 Å².